The highest BCUT2D eigenvalue weighted by Gasteiger charge is 2.18. The number of benzene rings is 1. The van der Waals surface area contributed by atoms with E-state index in [1.165, 1.54) is 6.47 Å². The van der Waals surface area contributed by atoms with Gasteiger partial charge in [-0.15, -0.1) is 0 Å². The fourth-order valence-corrected chi connectivity index (χ4v) is 1.40. The molecule has 1 radical (unpaired) electrons. The van der Waals surface area contributed by atoms with Crippen LogP contribution < -0.4 is 10.1 Å². The van der Waals surface area contributed by atoms with E-state index in [-0.39, 0.29) is 0 Å². The summed E-state index contributed by atoms with van der Waals surface area (Å²) in [6.07, 6.45) is 0. The summed E-state index contributed by atoms with van der Waals surface area (Å²) in [7, 11) is 1.64. The topological polar surface area (TPSA) is 47.6 Å². The Balaban J connectivity index is 2.37. The smallest absolute Gasteiger partial charge is 0.418 e. The van der Waals surface area contributed by atoms with Gasteiger partial charge in [0.15, 0.2) is 0 Å². The Morgan fingerprint density at radius 3 is 2.47 bits per heavy atom. The molecule has 0 spiro atoms. The SMILES string of the molecule is COc1ccc(CNCC(C)(C)O[C]=O)cc1. The van der Waals surface area contributed by atoms with Crippen molar-refractivity contribution in [2.45, 2.75) is 26.0 Å². The van der Waals surface area contributed by atoms with Crippen molar-refractivity contribution in [3.63, 3.8) is 0 Å². The Kier molecular flexibility index (Phi) is 4.97. The van der Waals surface area contributed by atoms with Crippen LogP contribution in [0.3, 0.4) is 0 Å². The van der Waals surface area contributed by atoms with Crippen molar-refractivity contribution in [2.24, 2.45) is 0 Å². The second-order valence-corrected chi connectivity index (χ2v) is 4.40. The highest BCUT2D eigenvalue weighted by atomic mass is 16.5. The van der Waals surface area contributed by atoms with Gasteiger partial charge in [-0.3, -0.25) is 0 Å². The molecule has 0 aliphatic carbocycles. The highest BCUT2D eigenvalue weighted by Crippen LogP contribution is 2.11. The number of hydrogen-bond acceptors (Lipinski definition) is 4. The number of nitrogens with one attached hydrogen (secondary N) is 1. The van der Waals surface area contributed by atoms with Crippen LogP contribution in [0, 0.1) is 0 Å². The zero-order valence-electron chi connectivity index (χ0n) is 10.4. The van der Waals surface area contributed by atoms with E-state index < -0.39 is 5.60 Å². The Bertz CT molecular complexity index is 346. The molecule has 4 nitrogen and oxygen atoms in total. The lowest BCUT2D eigenvalue weighted by Crippen LogP contribution is -2.37. The molecule has 0 aliphatic heterocycles. The van der Waals surface area contributed by atoms with Crippen LogP contribution in [0.1, 0.15) is 19.4 Å². The van der Waals surface area contributed by atoms with E-state index in [1.54, 1.807) is 7.11 Å². The third-order valence-corrected chi connectivity index (χ3v) is 2.36. The molecular formula is C13H18NO3. The van der Waals surface area contributed by atoms with Crippen LogP contribution in [0.2, 0.25) is 0 Å². The van der Waals surface area contributed by atoms with Crippen molar-refractivity contribution >= 4 is 6.47 Å². The predicted octanol–water partition coefficient (Wildman–Crippen LogP) is 1.65. The molecule has 1 aromatic carbocycles. The third kappa shape index (κ3) is 4.87. The van der Waals surface area contributed by atoms with Crippen LogP contribution in [0.15, 0.2) is 24.3 Å². The molecule has 0 amide bonds. The van der Waals surface area contributed by atoms with E-state index in [9.17, 15) is 4.79 Å². The summed E-state index contributed by atoms with van der Waals surface area (Å²) in [5.41, 5.74) is 0.616. The molecule has 0 aromatic heterocycles. The van der Waals surface area contributed by atoms with Gasteiger partial charge in [0.25, 0.3) is 0 Å². The lowest BCUT2D eigenvalue weighted by molar-refractivity contribution is 0.0881. The van der Waals surface area contributed by atoms with Gasteiger partial charge in [0.1, 0.15) is 11.4 Å². The van der Waals surface area contributed by atoms with Crippen LogP contribution in [0.4, 0.5) is 0 Å². The van der Waals surface area contributed by atoms with Crippen LogP contribution in [0.25, 0.3) is 0 Å². The van der Waals surface area contributed by atoms with Gasteiger partial charge in [-0.2, -0.15) is 0 Å². The van der Waals surface area contributed by atoms with Gasteiger partial charge in [0, 0.05) is 13.1 Å². The van der Waals surface area contributed by atoms with Gasteiger partial charge in [0.05, 0.1) is 7.11 Å². The molecule has 0 atom stereocenters. The van der Waals surface area contributed by atoms with Crippen LogP contribution in [-0.2, 0) is 16.1 Å². The molecule has 0 unspecified atom stereocenters. The Labute approximate surface area is 102 Å². The molecule has 0 fully saturated rings. The molecule has 0 aliphatic rings. The molecule has 1 aromatic rings. The maximum absolute atomic E-state index is 10.1. The van der Waals surface area contributed by atoms with Crippen LogP contribution in [0.5, 0.6) is 5.75 Å². The first-order chi connectivity index (χ1) is 8.07. The Morgan fingerprint density at radius 2 is 1.94 bits per heavy atom. The van der Waals surface area contributed by atoms with Crippen molar-refractivity contribution < 1.29 is 14.3 Å². The van der Waals surface area contributed by atoms with E-state index in [0.29, 0.717) is 6.54 Å². The second kappa shape index (κ2) is 6.25. The van der Waals surface area contributed by atoms with E-state index in [4.69, 9.17) is 9.47 Å². The van der Waals surface area contributed by atoms with Gasteiger partial charge in [-0.25, -0.2) is 4.79 Å². The fourth-order valence-electron chi connectivity index (χ4n) is 1.40. The number of hydrogen-bond donors (Lipinski definition) is 1. The van der Waals surface area contributed by atoms with Crippen molar-refractivity contribution in [3.05, 3.63) is 29.8 Å². The zero-order valence-corrected chi connectivity index (χ0v) is 10.4. The number of carbonyl (C=O) groups excluding carboxylic acids is 1. The van der Waals surface area contributed by atoms with Crippen LogP contribution in [-0.4, -0.2) is 25.7 Å². The molecule has 0 heterocycles. The number of methoxy groups -OCH3 is 1. The maximum Gasteiger partial charge on any atom is 0.418 e. The molecule has 1 rings (SSSR count). The minimum absolute atomic E-state index is 0.534. The fraction of sp³-hybridized carbons (Fsp3) is 0.462. The molecule has 4 heteroatoms. The lowest BCUT2D eigenvalue weighted by Gasteiger charge is -2.22. The molecule has 0 saturated heterocycles. The number of ether oxygens (including phenoxy) is 2. The zero-order chi connectivity index (χ0) is 12.7. The summed E-state index contributed by atoms with van der Waals surface area (Å²) < 4.78 is 9.89. The summed E-state index contributed by atoms with van der Waals surface area (Å²) in [5.74, 6) is 0.841. The van der Waals surface area contributed by atoms with Crippen molar-refractivity contribution in [1.29, 1.82) is 0 Å². The summed E-state index contributed by atoms with van der Waals surface area (Å²) in [6, 6.07) is 7.81. The van der Waals surface area contributed by atoms with Crippen molar-refractivity contribution in [3.8, 4) is 5.75 Å². The van der Waals surface area contributed by atoms with Gasteiger partial charge in [0.2, 0.25) is 0 Å². The standard InChI is InChI=1S/C13H18NO3/c1-13(2,17-10-15)9-14-8-11-4-6-12(16-3)7-5-11/h4-7,14H,8-9H2,1-3H3. The summed E-state index contributed by atoms with van der Waals surface area (Å²) >= 11 is 0. The van der Waals surface area contributed by atoms with Gasteiger partial charge < -0.3 is 14.8 Å². The largest absolute Gasteiger partial charge is 0.497 e. The normalized spacial score (nSPS) is 11.0. The summed E-state index contributed by atoms with van der Waals surface area (Å²) in [5, 5.41) is 3.22. The van der Waals surface area contributed by atoms with Gasteiger partial charge in [-0.05, 0) is 31.5 Å². The maximum atomic E-state index is 10.1. The molecular weight excluding hydrogens is 218 g/mol. The first-order valence-electron chi connectivity index (χ1n) is 5.46. The van der Waals surface area contributed by atoms with E-state index in [0.717, 1.165) is 17.9 Å². The van der Waals surface area contributed by atoms with E-state index in [1.807, 2.05) is 38.1 Å². The lowest BCUT2D eigenvalue weighted by atomic mass is 10.1. The minimum atomic E-state index is -0.534. The van der Waals surface area contributed by atoms with Gasteiger partial charge in [-0.1, -0.05) is 12.1 Å². The molecule has 17 heavy (non-hydrogen) atoms. The molecule has 93 valence electrons. The average Bonchev–Trinajstić information content (AvgIpc) is 2.29. The quantitative estimate of drug-likeness (QED) is 0.782. The molecule has 0 bridgehead atoms. The monoisotopic (exact) mass is 236 g/mol. The van der Waals surface area contributed by atoms with E-state index in [2.05, 4.69) is 5.32 Å². The molecule has 1 N–H and O–H groups in total. The predicted molar refractivity (Wildman–Crippen MR) is 65.6 cm³/mol. The van der Waals surface area contributed by atoms with Gasteiger partial charge >= 0.3 is 6.47 Å². The van der Waals surface area contributed by atoms with Crippen molar-refractivity contribution in [1.82, 2.24) is 5.32 Å². The average molecular weight is 236 g/mol. The first kappa shape index (κ1) is 13.5. The molecule has 0 saturated carbocycles. The number of rotatable bonds is 7. The van der Waals surface area contributed by atoms with Crippen LogP contribution >= 0.6 is 0 Å². The van der Waals surface area contributed by atoms with E-state index >= 15 is 0 Å². The summed E-state index contributed by atoms with van der Waals surface area (Å²) in [4.78, 5) is 10.1. The second-order valence-electron chi connectivity index (χ2n) is 4.40. The third-order valence-electron chi connectivity index (χ3n) is 2.36. The highest BCUT2D eigenvalue weighted by molar-refractivity contribution is 5.39. The van der Waals surface area contributed by atoms with Crippen molar-refractivity contribution in [2.75, 3.05) is 13.7 Å². The minimum Gasteiger partial charge on any atom is -0.497 e. The first-order valence-corrected chi connectivity index (χ1v) is 5.46. The Hall–Kier alpha value is -1.55. The Morgan fingerprint density at radius 1 is 1.29 bits per heavy atom. The summed E-state index contributed by atoms with van der Waals surface area (Å²) in [6.45, 7) is 6.43.